The molecule has 4 aliphatic rings. The molecule has 1 aromatic carbocycles. The zero-order valence-electron chi connectivity index (χ0n) is 19.3. The molecule has 3 fully saturated rings. The van der Waals surface area contributed by atoms with Crippen LogP contribution in [0.1, 0.15) is 48.5 Å². The van der Waals surface area contributed by atoms with Gasteiger partial charge in [-0.2, -0.15) is 0 Å². The average Bonchev–Trinajstić information content (AvgIpc) is 3.10. The van der Waals surface area contributed by atoms with Crippen molar-refractivity contribution in [3.05, 3.63) is 29.3 Å². The van der Waals surface area contributed by atoms with Gasteiger partial charge in [-0.1, -0.05) is 6.92 Å². The van der Waals surface area contributed by atoms with Crippen molar-refractivity contribution >= 4 is 35.8 Å². The number of nitrogens with zero attached hydrogens (tertiary/aromatic N) is 3. The van der Waals surface area contributed by atoms with Crippen molar-refractivity contribution in [2.24, 2.45) is 5.41 Å². The van der Waals surface area contributed by atoms with Gasteiger partial charge in [0.2, 0.25) is 11.8 Å². The summed E-state index contributed by atoms with van der Waals surface area (Å²) in [5.41, 5.74) is 3.22. The molecular formula is C24H34ClN5O3. The molecule has 9 heteroatoms. The number of piperidine rings is 2. The highest BCUT2D eigenvalue weighted by Crippen LogP contribution is 2.32. The Hall–Kier alpha value is -2.16. The van der Waals surface area contributed by atoms with Crippen LogP contribution in [0.2, 0.25) is 0 Å². The van der Waals surface area contributed by atoms with Crippen molar-refractivity contribution in [2.45, 2.75) is 45.2 Å². The number of carbonyl (C=O) groups is 3. The maximum Gasteiger partial charge on any atom is 0.255 e. The van der Waals surface area contributed by atoms with Gasteiger partial charge in [-0.3, -0.25) is 24.6 Å². The second-order valence-electron chi connectivity index (χ2n) is 10.1. The van der Waals surface area contributed by atoms with Crippen LogP contribution in [0.3, 0.4) is 0 Å². The van der Waals surface area contributed by atoms with Crippen molar-refractivity contribution in [1.82, 2.24) is 20.4 Å². The SMILES string of the molecule is CC1(CN2CCN(c3ccc4c(c3)CN([C@H]3CCC(=O)NC3=O)C4=O)CC2)CCNCC1.Cl. The fourth-order valence-corrected chi connectivity index (χ4v) is 5.65. The Balaban J connectivity index is 0.00000259. The summed E-state index contributed by atoms with van der Waals surface area (Å²) in [7, 11) is 0. The molecule has 180 valence electrons. The first-order valence-corrected chi connectivity index (χ1v) is 11.9. The number of anilines is 1. The summed E-state index contributed by atoms with van der Waals surface area (Å²) in [5, 5.41) is 5.83. The fraction of sp³-hybridized carbons (Fsp3) is 0.625. The smallest absolute Gasteiger partial charge is 0.255 e. The lowest BCUT2D eigenvalue weighted by atomic mass is 9.80. The van der Waals surface area contributed by atoms with E-state index >= 15 is 0 Å². The van der Waals surface area contributed by atoms with E-state index in [-0.39, 0.29) is 36.5 Å². The molecule has 5 rings (SSSR count). The van der Waals surface area contributed by atoms with E-state index < -0.39 is 6.04 Å². The number of fused-ring (bicyclic) bond motifs is 1. The van der Waals surface area contributed by atoms with Gasteiger partial charge in [-0.25, -0.2) is 0 Å². The number of carbonyl (C=O) groups excluding carboxylic acids is 3. The summed E-state index contributed by atoms with van der Waals surface area (Å²) in [5.74, 6) is -0.728. The number of nitrogens with one attached hydrogen (secondary N) is 2. The van der Waals surface area contributed by atoms with Crippen LogP contribution in [-0.2, 0) is 16.1 Å². The highest BCUT2D eigenvalue weighted by Gasteiger charge is 2.39. The molecule has 8 nitrogen and oxygen atoms in total. The first-order valence-electron chi connectivity index (χ1n) is 11.9. The monoisotopic (exact) mass is 475 g/mol. The molecule has 0 aromatic heterocycles. The normalized spacial score (nSPS) is 25.5. The van der Waals surface area contributed by atoms with Gasteiger partial charge in [0.1, 0.15) is 6.04 Å². The number of piperazine rings is 1. The molecule has 4 heterocycles. The van der Waals surface area contributed by atoms with Crippen molar-refractivity contribution in [3.63, 3.8) is 0 Å². The first-order chi connectivity index (χ1) is 15.4. The molecule has 0 saturated carbocycles. The summed E-state index contributed by atoms with van der Waals surface area (Å²) >= 11 is 0. The van der Waals surface area contributed by atoms with Gasteiger partial charge in [0.25, 0.3) is 5.91 Å². The third-order valence-corrected chi connectivity index (χ3v) is 7.66. The first kappa shape index (κ1) is 24.0. The van der Waals surface area contributed by atoms with Crippen LogP contribution in [0.4, 0.5) is 5.69 Å². The van der Waals surface area contributed by atoms with E-state index in [0.717, 1.165) is 50.5 Å². The Bertz CT molecular complexity index is 925. The van der Waals surface area contributed by atoms with Crippen LogP contribution in [0.5, 0.6) is 0 Å². The number of hydrogen-bond acceptors (Lipinski definition) is 6. The quantitative estimate of drug-likeness (QED) is 0.640. The highest BCUT2D eigenvalue weighted by atomic mass is 35.5. The molecule has 0 spiro atoms. The van der Waals surface area contributed by atoms with Crippen molar-refractivity contribution in [2.75, 3.05) is 50.7 Å². The van der Waals surface area contributed by atoms with Crippen LogP contribution >= 0.6 is 12.4 Å². The third kappa shape index (κ3) is 4.88. The molecule has 4 aliphatic heterocycles. The molecule has 1 atom stereocenters. The lowest BCUT2D eigenvalue weighted by Crippen LogP contribution is -2.52. The van der Waals surface area contributed by atoms with Crippen LogP contribution in [0.25, 0.3) is 0 Å². The number of rotatable bonds is 4. The predicted molar refractivity (Wildman–Crippen MR) is 129 cm³/mol. The van der Waals surface area contributed by atoms with E-state index in [1.54, 1.807) is 4.90 Å². The van der Waals surface area contributed by atoms with Gasteiger partial charge in [0.15, 0.2) is 0 Å². The molecule has 1 aromatic rings. The van der Waals surface area contributed by atoms with E-state index in [0.29, 0.717) is 23.9 Å². The van der Waals surface area contributed by atoms with Crippen LogP contribution in [0, 0.1) is 5.41 Å². The minimum absolute atomic E-state index is 0. The summed E-state index contributed by atoms with van der Waals surface area (Å²) in [6.07, 6.45) is 3.17. The van der Waals surface area contributed by atoms with Crippen LogP contribution < -0.4 is 15.5 Å². The Morgan fingerprint density at radius 2 is 1.79 bits per heavy atom. The molecule has 33 heavy (non-hydrogen) atoms. The molecule has 0 bridgehead atoms. The zero-order chi connectivity index (χ0) is 22.3. The maximum atomic E-state index is 12.9. The number of benzene rings is 1. The summed E-state index contributed by atoms with van der Waals surface area (Å²) in [6.45, 7) is 10.4. The lowest BCUT2D eigenvalue weighted by molar-refractivity contribution is -0.136. The number of amides is 3. The van der Waals surface area contributed by atoms with Gasteiger partial charge < -0.3 is 15.1 Å². The summed E-state index contributed by atoms with van der Waals surface area (Å²) in [6, 6.07) is 5.49. The Morgan fingerprint density at radius 3 is 2.48 bits per heavy atom. The topological polar surface area (TPSA) is 85.0 Å². The average molecular weight is 476 g/mol. The number of imide groups is 1. The molecule has 0 unspecified atom stereocenters. The van der Waals surface area contributed by atoms with E-state index in [1.807, 2.05) is 12.1 Å². The zero-order valence-corrected chi connectivity index (χ0v) is 20.1. The Morgan fingerprint density at radius 1 is 1.06 bits per heavy atom. The van der Waals surface area contributed by atoms with Gasteiger partial charge in [-0.15, -0.1) is 12.4 Å². The summed E-state index contributed by atoms with van der Waals surface area (Å²) in [4.78, 5) is 43.2. The van der Waals surface area contributed by atoms with Gasteiger partial charge >= 0.3 is 0 Å². The van der Waals surface area contributed by atoms with Crippen molar-refractivity contribution in [3.8, 4) is 0 Å². The molecule has 0 aliphatic carbocycles. The molecule has 0 radical (unpaired) electrons. The van der Waals surface area contributed by atoms with Crippen LogP contribution in [0.15, 0.2) is 18.2 Å². The molecule has 2 N–H and O–H groups in total. The highest BCUT2D eigenvalue weighted by molar-refractivity contribution is 6.05. The Labute approximate surface area is 201 Å². The minimum atomic E-state index is -0.559. The van der Waals surface area contributed by atoms with E-state index in [1.165, 1.54) is 19.4 Å². The second kappa shape index (κ2) is 9.60. The molecule has 3 amide bonds. The van der Waals surface area contributed by atoms with Crippen LogP contribution in [-0.4, -0.2) is 79.4 Å². The fourth-order valence-electron chi connectivity index (χ4n) is 5.65. The van der Waals surface area contributed by atoms with Gasteiger partial charge in [0, 0.05) is 56.9 Å². The maximum absolute atomic E-state index is 12.9. The molecule has 3 saturated heterocycles. The van der Waals surface area contributed by atoms with E-state index in [9.17, 15) is 14.4 Å². The van der Waals surface area contributed by atoms with Gasteiger partial charge in [-0.05, 0) is 61.5 Å². The predicted octanol–water partition coefficient (Wildman–Crippen LogP) is 1.38. The number of hydrogen-bond donors (Lipinski definition) is 2. The van der Waals surface area contributed by atoms with Crippen molar-refractivity contribution < 1.29 is 14.4 Å². The third-order valence-electron chi connectivity index (χ3n) is 7.66. The van der Waals surface area contributed by atoms with Crippen molar-refractivity contribution in [1.29, 1.82) is 0 Å². The van der Waals surface area contributed by atoms with E-state index in [2.05, 4.69) is 33.4 Å². The summed E-state index contributed by atoms with van der Waals surface area (Å²) < 4.78 is 0. The minimum Gasteiger partial charge on any atom is -0.369 e. The largest absolute Gasteiger partial charge is 0.369 e. The standard InChI is InChI=1S/C24H33N5O3.ClH/c1-24(6-8-25-9-7-24)16-27-10-12-28(13-11-27)18-2-3-19-17(14-18)15-29(23(19)32)20-4-5-21(30)26-22(20)31;/h2-3,14,20,25H,4-13,15-16H2,1H3,(H,26,30,31);1H/t20-;/m0./s1. The number of halogens is 1. The lowest BCUT2D eigenvalue weighted by Gasteiger charge is -2.42. The Kier molecular flexibility index (Phi) is 6.98. The van der Waals surface area contributed by atoms with E-state index in [4.69, 9.17) is 0 Å². The second-order valence-corrected chi connectivity index (χ2v) is 10.1. The van der Waals surface area contributed by atoms with Gasteiger partial charge in [0.05, 0.1) is 0 Å². The molecular weight excluding hydrogens is 442 g/mol.